The van der Waals surface area contributed by atoms with Crippen LogP contribution in [0.2, 0.25) is 0 Å². The van der Waals surface area contributed by atoms with Crippen LogP contribution in [0.25, 0.3) is 0 Å². The highest BCUT2D eigenvalue weighted by Crippen LogP contribution is 2.22. The third-order valence-electron chi connectivity index (χ3n) is 4.56. The minimum absolute atomic E-state index is 0.0424. The number of methoxy groups -OCH3 is 1. The summed E-state index contributed by atoms with van der Waals surface area (Å²) in [6.45, 7) is 8.00. The summed E-state index contributed by atoms with van der Waals surface area (Å²) >= 11 is 0. The first-order chi connectivity index (χ1) is 13.7. The Morgan fingerprint density at radius 1 is 1.03 bits per heavy atom. The van der Waals surface area contributed by atoms with Gasteiger partial charge in [0.25, 0.3) is 5.91 Å². The lowest BCUT2D eigenvalue weighted by atomic mass is 9.86. The number of benzene rings is 2. The van der Waals surface area contributed by atoms with E-state index < -0.39 is 11.7 Å². The van der Waals surface area contributed by atoms with E-state index in [1.54, 1.807) is 43.3 Å². The summed E-state index contributed by atoms with van der Waals surface area (Å²) in [6.07, 6.45) is 0. The van der Waals surface area contributed by atoms with Crippen LogP contribution in [0.1, 0.15) is 43.6 Å². The van der Waals surface area contributed by atoms with E-state index in [9.17, 15) is 14.4 Å². The third-order valence-corrected chi connectivity index (χ3v) is 4.56. The molecule has 0 radical (unpaired) electrons. The second-order valence-electron chi connectivity index (χ2n) is 7.76. The number of likely N-dealkylation sites (N-methyl/N-ethyl adjacent to an activating group) is 1. The highest BCUT2D eigenvalue weighted by atomic mass is 16.5. The molecule has 0 fully saturated rings. The van der Waals surface area contributed by atoms with Crippen LogP contribution < -0.4 is 10.1 Å². The molecule has 0 unspecified atom stereocenters. The van der Waals surface area contributed by atoms with E-state index in [2.05, 4.69) is 26.1 Å². The fourth-order valence-electron chi connectivity index (χ4n) is 2.79. The van der Waals surface area contributed by atoms with E-state index in [1.807, 2.05) is 12.1 Å². The van der Waals surface area contributed by atoms with Gasteiger partial charge in [0.15, 0.2) is 0 Å². The number of hydrogen-bond donors (Lipinski definition) is 1. The maximum atomic E-state index is 12.6. The molecule has 0 spiro atoms. The lowest BCUT2D eigenvalue weighted by Gasteiger charge is -2.21. The molecule has 0 atom stereocenters. The first-order valence-electron chi connectivity index (χ1n) is 9.53. The van der Waals surface area contributed by atoms with Crippen molar-refractivity contribution in [2.45, 2.75) is 33.1 Å². The van der Waals surface area contributed by atoms with Crippen LogP contribution >= 0.6 is 0 Å². The molecule has 0 aromatic heterocycles. The molecule has 0 heterocycles. The SMILES string of the molecule is CCN(CC(=O)Nc1cccc(OC)c1)C(=O)C(=O)c1ccc(C(C)(C)C)cc1. The molecule has 0 saturated heterocycles. The molecule has 1 N–H and O–H groups in total. The van der Waals surface area contributed by atoms with Gasteiger partial charge in [0.2, 0.25) is 11.7 Å². The van der Waals surface area contributed by atoms with Crippen LogP contribution in [-0.2, 0) is 15.0 Å². The predicted octanol–water partition coefficient (Wildman–Crippen LogP) is 3.66. The molecule has 6 heteroatoms. The van der Waals surface area contributed by atoms with Crippen molar-refractivity contribution in [3.63, 3.8) is 0 Å². The average molecular weight is 396 g/mol. The number of carbonyl (C=O) groups excluding carboxylic acids is 3. The van der Waals surface area contributed by atoms with E-state index in [0.29, 0.717) is 17.0 Å². The van der Waals surface area contributed by atoms with Gasteiger partial charge in [0.05, 0.1) is 7.11 Å². The first-order valence-corrected chi connectivity index (χ1v) is 9.53. The van der Waals surface area contributed by atoms with E-state index in [4.69, 9.17) is 4.74 Å². The number of rotatable bonds is 7. The molecule has 2 aromatic rings. The largest absolute Gasteiger partial charge is 0.497 e. The Balaban J connectivity index is 2.05. The van der Waals surface area contributed by atoms with Crippen molar-refractivity contribution in [1.82, 2.24) is 4.90 Å². The maximum absolute atomic E-state index is 12.6. The zero-order valence-electron chi connectivity index (χ0n) is 17.6. The lowest BCUT2D eigenvalue weighted by molar-refractivity contribution is -0.130. The van der Waals surface area contributed by atoms with Crippen LogP contribution in [0.3, 0.4) is 0 Å². The minimum Gasteiger partial charge on any atom is -0.497 e. The van der Waals surface area contributed by atoms with Crippen molar-refractivity contribution in [3.05, 3.63) is 59.7 Å². The number of ketones is 1. The van der Waals surface area contributed by atoms with E-state index in [1.165, 1.54) is 12.0 Å². The van der Waals surface area contributed by atoms with Gasteiger partial charge < -0.3 is 15.0 Å². The van der Waals surface area contributed by atoms with E-state index >= 15 is 0 Å². The van der Waals surface area contributed by atoms with Crippen LogP contribution in [0.5, 0.6) is 5.75 Å². The van der Waals surface area contributed by atoms with Crippen molar-refractivity contribution in [1.29, 1.82) is 0 Å². The number of ether oxygens (including phenoxy) is 1. The van der Waals surface area contributed by atoms with Crippen LogP contribution in [0, 0.1) is 0 Å². The average Bonchev–Trinajstić information content (AvgIpc) is 2.70. The van der Waals surface area contributed by atoms with E-state index in [-0.39, 0.29) is 24.4 Å². The molecule has 0 bridgehead atoms. The van der Waals surface area contributed by atoms with Gasteiger partial charge in [-0.1, -0.05) is 51.1 Å². The lowest BCUT2D eigenvalue weighted by Crippen LogP contribution is -2.41. The molecule has 2 rings (SSSR count). The fraction of sp³-hybridized carbons (Fsp3) is 0.348. The van der Waals surface area contributed by atoms with Gasteiger partial charge in [-0.05, 0) is 30.0 Å². The molecule has 0 aliphatic heterocycles. The summed E-state index contributed by atoms with van der Waals surface area (Å²) in [5, 5.41) is 2.71. The van der Waals surface area contributed by atoms with Gasteiger partial charge in [0.1, 0.15) is 12.3 Å². The Bertz CT molecular complexity index is 882. The second-order valence-corrected chi connectivity index (χ2v) is 7.76. The quantitative estimate of drug-likeness (QED) is 0.572. The Kier molecular flexibility index (Phi) is 7.15. The predicted molar refractivity (Wildman–Crippen MR) is 113 cm³/mol. The summed E-state index contributed by atoms with van der Waals surface area (Å²) < 4.78 is 5.13. The molecular weight excluding hydrogens is 368 g/mol. The van der Waals surface area contributed by atoms with Crippen LogP contribution in [-0.4, -0.2) is 42.7 Å². The Morgan fingerprint density at radius 2 is 1.69 bits per heavy atom. The summed E-state index contributed by atoms with van der Waals surface area (Å²) in [5.74, 6) is -1.09. The Labute approximate surface area is 171 Å². The molecule has 29 heavy (non-hydrogen) atoms. The highest BCUT2D eigenvalue weighted by molar-refractivity contribution is 6.43. The summed E-state index contributed by atoms with van der Waals surface area (Å²) in [4.78, 5) is 38.8. The van der Waals surface area contributed by atoms with Crippen LogP contribution in [0.15, 0.2) is 48.5 Å². The molecule has 0 saturated carbocycles. The zero-order valence-corrected chi connectivity index (χ0v) is 17.6. The van der Waals surface area contributed by atoms with Gasteiger partial charge in [0, 0.05) is 23.9 Å². The highest BCUT2D eigenvalue weighted by Gasteiger charge is 2.24. The number of nitrogens with one attached hydrogen (secondary N) is 1. The number of hydrogen-bond acceptors (Lipinski definition) is 4. The van der Waals surface area contributed by atoms with E-state index in [0.717, 1.165) is 5.56 Å². The van der Waals surface area contributed by atoms with Gasteiger partial charge >= 0.3 is 0 Å². The van der Waals surface area contributed by atoms with Crippen LogP contribution in [0.4, 0.5) is 5.69 Å². The van der Waals surface area contributed by atoms with Crippen molar-refractivity contribution in [2.24, 2.45) is 0 Å². The normalized spacial score (nSPS) is 10.9. The zero-order chi connectivity index (χ0) is 21.6. The number of nitrogens with zero attached hydrogens (tertiary/aromatic N) is 1. The Morgan fingerprint density at radius 3 is 2.24 bits per heavy atom. The number of amides is 2. The minimum atomic E-state index is -0.697. The topological polar surface area (TPSA) is 75.7 Å². The molecule has 0 aliphatic carbocycles. The molecule has 0 aliphatic rings. The smallest absolute Gasteiger partial charge is 0.295 e. The first kappa shape index (κ1) is 22.1. The molecule has 154 valence electrons. The summed E-state index contributed by atoms with van der Waals surface area (Å²) in [7, 11) is 1.54. The van der Waals surface area contributed by atoms with Crippen molar-refractivity contribution in [2.75, 3.05) is 25.5 Å². The fourth-order valence-corrected chi connectivity index (χ4v) is 2.79. The van der Waals surface area contributed by atoms with Crippen molar-refractivity contribution < 1.29 is 19.1 Å². The van der Waals surface area contributed by atoms with Gasteiger partial charge in [-0.15, -0.1) is 0 Å². The maximum Gasteiger partial charge on any atom is 0.295 e. The monoisotopic (exact) mass is 396 g/mol. The second kappa shape index (κ2) is 9.37. The van der Waals surface area contributed by atoms with Crippen molar-refractivity contribution >= 4 is 23.3 Å². The Hall–Kier alpha value is -3.15. The summed E-state index contributed by atoms with van der Waals surface area (Å²) in [5.41, 5.74) is 1.90. The molecule has 6 nitrogen and oxygen atoms in total. The third kappa shape index (κ3) is 5.91. The van der Waals surface area contributed by atoms with Gasteiger partial charge in [-0.25, -0.2) is 0 Å². The van der Waals surface area contributed by atoms with Gasteiger partial charge in [-0.3, -0.25) is 14.4 Å². The molecule has 2 amide bonds. The number of anilines is 1. The standard InChI is InChI=1S/C23H28N2O4/c1-6-25(15-20(26)24-18-8-7-9-19(14-18)29-5)22(28)21(27)16-10-12-17(13-11-16)23(2,3)4/h7-14H,6,15H2,1-5H3,(H,24,26). The number of Topliss-reactive ketones (excluding diaryl/α,β-unsaturated/α-hetero) is 1. The number of carbonyl (C=O) groups is 3. The molecule has 2 aromatic carbocycles. The van der Waals surface area contributed by atoms with Gasteiger partial charge in [-0.2, -0.15) is 0 Å². The molecular formula is C23H28N2O4. The van der Waals surface area contributed by atoms with Crippen molar-refractivity contribution in [3.8, 4) is 5.75 Å². The summed E-state index contributed by atoms with van der Waals surface area (Å²) in [6, 6.07) is 13.9.